The summed E-state index contributed by atoms with van der Waals surface area (Å²) in [6.45, 7) is 0. The van der Waals surface area contributed by atoms with E-state index in [2.05, 4.69) is 265 Å². The van der Waals surface area contributed by atoms with E-state index in [9.17, 15) is 0 Å². The molecule has 0 heterocycles. The molecule has 0 amide bonds. The number of benzene rings is 10. The van der Waals surface area contributed by atoms with E-state index < -0.39 is 0 Å². The van der Waals surface area contributed by atoms with Gasteiger partial charge >= 0.3 is 0 Å². The number of rotatable bonds is 10. The van der Waals surface area contributed by atoms with Gasteiger partial charge in [0.15, 0.2) is 0 Å². The number of nitrogens with zero attached hydrogens (tertiary/aromatic N) is 2. The fourth-order valence-corrected chi connectivity index (χ4v) is 8.42. The van der Waals surface area contributed by atoms with Crippen LogP contribution in [0.2, 0.25) is 0 Å². The highest BCUT2D eigenvalue weighted by Gasteiger charge is 2.19. The van der Waals surface area contributed by atoms with Crippen LogP contribution in [0.15, 0.2) is 255 Å². The minimum atomic E-state index is 1.10. The van der Waals surface area contributed by atoms with Crippen LogP contribution in [0.25, 0.3) is 55.3 Å². The fourth-order valence-electron chi connectivity index (χ4n) is 8.42. The van der Waals surface area contributed by atoms with Crippen molar-refractivity contribution in [1.82, 2.24) is 0 Å². The van der Waals surface area contributed by atoms with Crippen LogP contribution in [0.1, 0.15) is 0 Å². The Hall–Kier alpha value is -7.94. The first-order valence-corrected chi connectivity index (χ1v) is 20.5. The van der Waals surface area contributed by atoms with Crippen molar-refractivity contribution in [1.29, 1.82) is 0 Å². The van der Waals surface area contributed by atoms with E-state index in [1.165, 1.54) is 55.3 Å². The zero-order chi connectivity index (χ0) is 40.1. The Morgan fingerprint density at radius 1 is 0.217 bits per heavy atom. The molecule has 0 unspecified atom stereocenters. The molecule has 0 N–H and O–H groups in total. The van der Waals surface area contributed by atoms with Crippen molar-refractivity contribution < 1.29 is 0 Å². The van der Waals surface area contributed by atoms with Gasteiger partial charge in [-0.05, 0) is 116 Å². The van der Waals surface area contributed by atoms with Crippen LogP contribution < -0.4 is 9.80 Å². The maximum Gasteiger partial charge on any atom is 0.0540 e. The molecular weight excluding hydrogens is 725 g/mol. The molecule has 0 aliphatic carbocycles. The summed E-state index contributed by atoms with van der Waals surface area (Å²) in [6.07, 6.45) is 0. The van der Waals surface area contributed by atoms with Gasteiger partial charge in [-0.2, -0.15) is 0 Å². The molecule has 2 heteroatoms. The largest absolute Gasteiger partial charge is 0.310 e. The minimum Gasteiger partial charge on any atom is -0.310 e. The van der Waals surface area contributed by atoms with Gasteiger partial charge in [0.25, 0.3) is 0 Å². The van der Waals surface area contributed by atoms with Crippen molar-refractivity contribution in [2.45, 2.75) is 0 Å². The number of hydrogen-bond acceptors (Lipinski definition) is 2. The van der Waals surface area contributed by atoms with E-state index in [1.54, 1.807) is 0 Å². The molecule has 0 radical (unpaired) electrons. The molecule has 10 aromatic carbocycles. The molecule has 0 bridgehead atoms. The SMILES string of the molecule is c1ccc(-c2cccc(N(c3ccccc3)c3ccc(-c4cccc5cccc(-c6ccc(N(c7ccccc7)c7ccccc7-c7ccccc7)cc6)c45)cc3)c2)cc1. The summed E-state index contributed by atoms with van der Waals surface area (Å²) in [5.41, 5.74) is 16.2. The van der Waals surface area contributed by atoms with Crippen molar-refractivity contribution in [2.24, 2.45) is 0 Å². The average Bonchev–Trinajstić information content (AvgIpc) is 3.33. The fraction of sp³-hybridized carbons (Fsp3) is 0. The first kappa shape index (κ1) is 36.4. The summed E-state index contributed by atoms with van der Waals surface area (Å²) < 4.78 is 0. The number of fused-ring (bicyclic) bond motifs is 1. The second-order valence-corrected chi connectivity index (χ2v) is 14.9. The highest BCUT2D eigenvalue weighted by atomic mass is 15.1. The maximum absolute atomic E-state index is 2.36. The van der Waals surface area contributed by atoms with Gasteiger partial charge in [0, 0.05) is 34.0 Å². The molecular formula is C58H42N2. The highest BCUT2D eigenvalue weighted by Crippen LogP contribution is 2.43. The van der Waals surface area contributed by atoms with E-state index in [0.717, 1.165) is 34.1 Å². The van der Waals surface area contributed by atoms with Crippen molar-refractivity contribution in [3.05, 3.63) is 255 Å². The molecule has 0 spiro atoms. The molecule has 284 valence electrons. The average molecular weight is 767 g/mol. The predicted molar refractivity (Wildman–Crippen MR) is 255 cm³/mol. The van der Waals surface area contributed by atoms with Crippen molar-refractivity contribution in [3.63, 3.8) is 0 Å². The van der Waals surface area contributed by atoms with E-state index in [-0.39, 0.29) is 0 Å². The Labute approximate surface area is 352 Å². The lowest BCUT2D eigenvalue weighted by atomic mass is 9.91. The maximum atomic E-state index is 2.36. The molecule has 0 fully saturated rings. The van der Waals surface area contributed by atoms with Crippen molar-refractivity contribution >= 4 is 44.9 Å². The van der Waals surface area contributed by atoms with Crippen LogP contribution in [0.5, 0.6) is 0 Å². The van der Waals surface area contributed by atoms with Crippen molar-refractivity contribution in [3.8, 4) is 44.5 Å². The van der Waals surface area contributed by atoms with Crippen LogP contribution in [0.3, 0.4) is 0 Å². The summed E-state index contributed by atoms with van der Waals surface area (Å²) in [5, 5.41) is 2.45. The molecule has 10 aromatic rings. The summed E-state index contributed by atoms with van der Waals surface area (Å²) >= 11 is 0. The van der Waals surface area contributed by atoms with Crippen LogP contribution >= 0.6 is 0 Å². The topological polar surface area (TPSA) is 6.48 Å². The second kappa shape index (κ2) is 16.5. The third kappa shape index (κ3) is 7.23. The van der Waals surface area contributed by atoms with Gasteiger partial charge in [-0.3, -0.25) is 0 Å². The van der Waals surface area contributed by atoms with Gasteiger partial charge < -0.3 is 9.80 Å². The summed E-state index contributed by atoms with van der Waals surface area (Å²) in [4.78, 5) is 4.70. The Morgan fingerprint density at radius 2 is 0.600 bits per heavy atom. The quantitative estimate of drug-likeness (QED) is 0.137. The van der Waals surface area contributed by atoms with Gasteiger partial charge in [-0.25, -0.2) is 0 Å². The second-order valence-electron chi connectivity index (χ2n) is 14.9. The Bertz CT molecular complexity index is 2990. The predicted octanol–water partition coefficient (Wildman–Crippen LogP) is 16.4. The zero-order valence-electron chi connectivity index (χ0n) is 33.1. The number of para-hydroxylation sites is 3. The Kier molecular flexibility index (Phi) is 10.0. The molecule has 0 saturated carbocycles. The summed E-state index contributed by atoms with van der Waals surface area (Å²) in [5.74, 6) is 0. The third-order valence-corrected chi connectivity index (χ3v) is 11.2. The first-order valence-electron chi connectivity index (χ1n) is 20.5. The Balaban J connectivity index is 1.03. The number of anilines is 6. The third-order valence-electron chi connectivity index (χ3n) is 11.2. The van der Waals surface area contributed by atoms with Crippen molar-refractivity contribution in [2.75, 3.05) is 9.80 Å². The standard InChI is InChI=1S/C58H42N2/c1-5-18-43(19-6-1)48-24-15-29-53(42-48)59(49-25-9-3-10-26-49)51-38-34-45(35-39-51)55-31-16-22-47-23-17-32-56(58(47)55)46-36-40-52(41-37-46)60(50-27-11-4-12-28-50)57-33-14-13-30-54(57)44-20-7-2-8-21-44/h1-42H. The monoisotopic (exact) mass is 766 g/mol. The molecule has 2 nitrogen and oxygen atoms in total. The van der Waals surface area contributed by atoms with E-state index in [4.69, 9.17) is 0 Å². The van der Waals surface area contributed by atoms with Crippen LogP contribution in [-0.2, 0) is 0 Å². The van der Waals surface area contributed by atoms with E-state index >= 15 is 0 Å². The summed E-state index contributed by atoms with van der Waals surface area (Å²) in [7, 11) is 0. The minimum absolute atomic E-state index is 1.10. The normalized spacial score (nSPS) is 11.0. The molecule has 0 aliphatic heterocycles. The van der Waals surface area contributed by atoms with Crippen LogP contribution in [-0.4, -0.2) is 0 Å². The Morgan fingerprint density at radius 3 is 1.18 bits per heavy atom. The highest BCUT2D eigenvalue weighted by molar-refractivity contribution is 6.06. The van der Waals surface area contributed by atoms with Gasteiger partial charge in [0.1, 0.15) is 0 Å². The number of hydrogen-bond donors (Lipinski definition) is 0. The molecule has 0 atom stereocenters. The van der Waals surface area contributed by atoms with Gasteiger partial charge in [-0.15, -0.1) is 0 Å². The molecule has 0 saturated heterocycles. The van der Waals surface area contributed by atoms with Crippen LogP contribution in [0, 0.1) is 0 Å². The zero-order valence-corrected chi connectivity index (χ0v) is 33.1. The summed E-state index contributed by atoms with van der Waals surface area (Å²) in [6, 6.07) is 91.3. The van der Waals surface area contributed by atoms with E-state index in [0.29, 0.717) is 0 Å². The lowest BCUT2D eigenvalue weighted by Gasteiger charge is -2.28. The molecule has 0 aliphatic rings. The lowest BCUT2D eigenvalue weighted by molar-refractivity contribution is 1.28. The molecule has 60 heavy (non-hydrogen) atoms. The molecule has 10 rings (SSSR count). The lowest BCUT2D eigenvalue weighted by Crippen LogP contribution is -2.11. The first-order chi connectivity index (χ1) is 29.8. The van der Waals surface area contributed by atoms with Gasteiger partial charge in [0.2, 0.25) is 0 Å². The van der Waals surface area contributed by atoms with E-state index in [1.807, 2.05) is 0 Å². The van der Waals surface area contributed by atoms with Gasteiger partial charge in [0.05, 0.1) is 5.69 Å². The van der Waals surface area contributed by atoms with Gasteiger partial charge in [-0.1, -0.05) is 188 Å². The smallest absolute Gasteiger partial charge is 0.0540 e. The molecule has 0 aromatic heterocycles. The van der Waals surface area contributed by atoms with Crippen LogP contribution in [0.4, 0.5) is 34.1 Å².